The van der Waals surface area contributed by atoms with Gasteiger partial charge in [-0.3, -0.25) is 4.98 Å². The minimum Gasteiger partial charge on any atom is -0.406 e. The molecule has 2 N–H and O–H groups in total. The van der Waals surface area contributed by atoms with Crippen LogP contribution in [0.25, 0.3) is 0 Å². The lowest BCUT2D eigenvalue weighted by Gasteiger charge is -2.09. The van der Waals surface area contributed by atoms with Gasteiger partial charge >= 0.3 is 12.1 Å². The van der Waals surface area contributed by atoms with Crippen LogP contribution in [-0.4, -0.2) is 21.1 Å². The third-order valence-corrected chi connectivity index (χ3v) is 4.05. The van der Waals surface area contributed by atoms with Crippen molar-refractivity contribution in [2.75, 3.05) is 5.32 Å². The summed E-state index contributed by atoms with van der Waals surface area (Å²) in [5, 5.41) is 7.32. The highest BCUT2D eigenvalue weighted by molar-refractivity contribution is 9.10. The van der Waals surface area contributed by atoms with Crippen LogP contribution in [-0.2, 0) is 13.1 Å². The maximum absolute atomic E-state index is 12.2. The third kappa shape index (κ3) is 5.61. The van der Waals surface area contributed by atoms with Gasteiger partial charge in [0.2, 0.25) is 0 Å². The molecule has 0 spiro atoms. The van der Waals surface area contributed by atoms with Crippen molar-refractivity contribution in [1.29, 1.82) is 0 Å². The smallest absolute Gasteiger partial charge is 0.406 e. The summed E-state index contributed by atoms with van der Waals surface area (Å²) in [4.78, 5) is 14.6. The van der Waals surface area contributed by atoms with Gasteiger partial charge in [-0.25, -0.2) is 9.48 Å². The summed E-state index contributed by atoms with van der Waals surface area (Å²) >= 11 is 3.35. The van der Waals surface area contributed by atoms with Crippen molar-refractivity contribution in [2.45, 2.75) is 19.5 Å². The van der Waals surface area contributed by atoms with E-state index in [4.69, 9.17) is 0 Å². The lowest BCUT2D eigenvalue weighted by Crippen LogP contribution is -2.19. The molecule has 0 aliphatic rings. The molecule has 10 heteroatoms. The van der Waals surface area contributed by atoms with E-state index < -0.39 is 12.1 Å². The number of halogens is 4. The second-order valence-corrected chi connectivity index (χ2v) is 6.50. The molecule has 0 atom stereocenters. The maximum Gasteiger partial charge on any atom is 0.573 e. The summed E-state index contributed by atoms with van der Waals surface area (Å²) in [5.74, 6) is 0.125. The molecule has 0 aliphatic carbocycles. The normalized spacial score (nSPS) is 11.4. The predicted octanol–water partition coefficient (Wildman–Crippen LogP) is 3.89. The van der Waals surface area contributed by atoms with Crippen molar-refractivity contribution in [2.24, 2.45) is 0 Å². The minimum absolute atomic E-state index is 0.125. The Morgan fingerprint density at radius 2 is 1.78 bits per heavy atom. The van der Waals surface area contributed by atoms with Crippen LogP contribution in [0.1, 0.15) is 11.4 Å². The zero-order valence-electron chi connectivity index (χ0n) is 13.8. The van der Waals surface area contributed by atoms with E-state index in [1.54, 1.807) is 0 Å². The number of nitrogens with zero attached hydrogens (tertiary/aromatic N) is 2. The van der Waals surface area contributed by atoms with Crippen LogP contribution in [0.5, 0.6) is 5.75 Å². The average Bonchev–Trinajstić information content (AvgIpc) is 2.95. The van der Waals surface area contributed by atoms with Crippen LogP contribution >= 0.6 is 15.9 Å². The topological polar surface area (TPSA) is 71.9 Å². The summed E-state index contributed by atoms with van der Waals surface area (Å²) < 4.78 is 42.5. The minimum atomic E-state index is -4.74. The number of aromatic amines is 1. The fourth-order valence-corrected chi connectivity index (χ4v) is 2.58. The largest absolute Gasteiger partial charge is 0.573 e. The maximum atomic E-state index is 12.2. The SMILES string of the molecule is O=c1[nH]c(CNc2ccc(Br)cc2)nn1Cc1ccc(OC(F)(F)F)cc1. The van der Waals surface area contributed by atoms with Gasteiger partial charge in [0.25, 0.3) is 0 Å². The third-order valence-electron chi connectivity index (χ3n) is 3.52. The second kappa shape index (κ2) is 7.87. The van der Waals surface area contributed by atoms with Gasteiger partial charge in [-0.1, -0.05) is 28.1 Å². The van der Waals surface area contributed by atoms with Crippen molar-refractivity contribution in [3.63, 3.8) is 0 Å². The molecule has 2 aromatic carbocycles. The molecule has 6 nitrogen and oxygen atoms in total. The van der Waals surface area contributed by atoms with Crippen molar-refractivity contribution in [1.82, 2.24) is 14.8 Å². The van der Waals surface area contributed by atoms with Gasteiger partial charge in [-0.05, 0) is 42.0 Å². The van der Waals surface area contributed by atoms with Crippen LogP contribution < -0.4 is 15.7 Å². The molecule has 0 saturated heterocycles. The van der Waals surface area contributed by atoms with Crippen LogP contribution in [0, 0.1) is 0 Å². The van der Waals surface area contributed by atoms with E-state index in [1.807, 2.05) is 24.3 Å². The Kier molecular flexibility index (Phi) is 5.54. The van der Waals surface area contributed by atoms with Crippen LogP contribution in [0.15, 0.2) is 57.8 Å². The van der Waals surface area contributed by atoms with Crippen LogP contribution in [0.4, 0.5) is 18.9 Å². The lowest BCUT2D eigenvalue weighted by atomic mass is 10.2. The molecular weight excluding hydrogens is 429 g/mol. The highest BCUT2D eigenvalue weighted by Gasteiger charge is 2.30. The van der Waals surface area contributed by atoms with E-state index in [-0.39, 0.29) is 12.3 Å². The number of nitrogens with one attached hydrogen (secondary N) is 2. The first-order chi connectivity index (χ1) is 12.8. The molecule has 27 heavy (non-hydrogen) atoms. The number of hydrogen-bond donors (Lipinski definition) is 2. The van der Waals surface area contributed by atoms with E-state index >= 15 is 0 Å². The molecule has 1 heterocycles. The number of hydrogen-bond acceptors (Lipinski definition) is 4. The zero-order chi connectivity index (χ0) is 19.4. The van der Waals surface area contributed by atoms with Gasteiger partial charge in [0.15, 0.2) is 0 Å². The van der Waals surface area contributed by atoms with Crippen molar-refractivity contribution >= 4 is 21.6 Å². The molecule has 142 valence electrons. The molecule has 0 aliphatic heterocycles. The number of H-pyrrole nitrogens is 1. The molecule has 0 radical (unpaired) electrons. The Labute approximate surface area is 160 Å². The molecule has 1 aromatic heterocycles. The van der Waals surface area contributed by atoms with Gasteiger partial charge in [0, 0.05) is 10.2 Å². The predicted molar refractivity (Wildman–Crippen MR) is 96.5 cm³/mol. The number of anilines is 1. The van der Waals surface area contributed by atoms with Crippen molar-refractivity contribution < 1.29 is 17.9 Å². The Morgan fingerprint density at radius 3 is 2.41 bits per heavy atom. The first-order valence-corrected chi connectivity index (χ1v) is 8.58. The Balaban J connectivity index is 1.62. The highest BCUT2D eigenvalue weighted by Crippen LogP contribution is 2.22. The monoisotopic (exact) mass is 442 g/mol. The molecule has 0 fully saturated rings. The molecule has 0 bridgehead atoms. The second-order valence-electron chi connectivity index (χ2n) is 5.59. The van der Waals surface area contributed by atoms with E-state index in [2.05, 4.69) is 36.1 Å². The Bertz CT molecular complexity index is 950. The number of aromatic nitrogens is 3. The van der Waals surface area contributed by atoms with Crippen LogP contribution in [0.2, 0.25) is 0 Å². The summed E-state index contributed by atoms with van der Waals surface area (Å²) in [5.41, 5.74) is 1.08. The molecule has 0 saturated carbocycles. The van der Waals surface area contributed by atoms with Gasteiger partial charge in [-0.2, -0.15) is 5.10 Å². The summed E-state index contributed by atoms with van der Waals surface area (Å²) in [6.07, 6.45) is -4.74. The first-order valence-electron chi connectivity index (χ1n) is 7.79. The molecule has 0 unspecified atom stereocenters. The average molecular weight is 443 g/mol. The van der Waals surface area contributed by atoms with Gasteiger partial charge < -0.3 is 10.1 Å². The fourth-order valence-electron chi connectivity index (χ4n) is 2.31. The van der Waals surface area contributed by atoms with Crippen molar-refractivity contribution in [3.8, 4) is 5.75 Å². The van der Waals surface area contributed by atoms with Crippen LogP contribution in [0.3, 0.4) is 0 Å². The number of ether oxygens (including phenoxy) is 1. The molecule has 3 rings (SSSR count). The summed E-state index contributed by atoms with van der Waals surface area (Å²) in [6, 6.07) is 12.8. The van der Waals surface area contributed by atoms with Gasteiger partial charge in [0.1, 0.15) is 11.6 Å². The number of alkyl halides is 3. The van der Waals surface area contributed by atoms with Gasteiger partial charge in [-0.15, -0.1) is 13.2 Å². The molecular formula is C17H14BrF3N4O2. The standard InChI is InChI=1S/C17H14BrF3N4O2/c18-12-3-5-13(6-4-12)22-9-15-23-16(26)25(24-15)10-11-1-7-14(8-2-11)27-17(19,20)21/h1-8,22H,9-10H2,(H,23,24,26). The van der Waals surface area contributed by atoms with E-state index in [0.29, 0.717) is 17.9 Å². The first kappa shape index (κ1) is 19.0. The van der Waals surface area contributed by atoms with E-state index in [0.717, 1.165) is 10.2 Å². The molecule has 3 aromatic rings. The Hall–Kier alpha value is -2.75. The summed E-state index contributed by atoms with van der Waals surface area (Å²) in [7, 11) is 0. The highest BCUT2D eigenvalue weighted by atomic mass is 79.9. The summed E-state index contributed by atoms with van der Waals surface area (Å²) in [6.45, 7) is 0.447. The number of benzene rings is 2. The molecule has 0 amide bonds. The van der Waals surface area contributed by atoms with Crippen molar-refractivity contribution in [3.05, 3.63) is 74.9 Å². The van der Waals surface area contributed by atoms with E-state index in [1.165, 1.54) is 28.9 Å². The zero-order valence-corrected chi connectivity index (χ0v) is 15.3. The lowest BCUT2D eigenvalue weighted by molar-refractivity contribution is -0.274. The van der Waals surface area contributed by atoms with Gasteiger partial charge in [0.05, 0.1) is 13.1 Å². The quantitative estimate of drug-likeness (QED) is 0.607. The Morgan fingerprint density at radius 1 is 1.11 bits per heavy atom. The number of rotatable bonds is 6. The fraction of sp³-hybridized carbons (Fsp3) is 0.176. The van der Waals surface area contributed by atoms with E-state index in [9.17, 15) is 18.0 Å².